The van der Waals surface area contributed by atoms with Gasteiger partial charge in [-0.25, -0.2) is 4.98 Å². The molecule has 0 saturated heterocycles. The van der Waals surface area contributed by atoms with Gasteiger partial charge in [0.15, 0.2) is 0 Å². The van der Waals surface area contributed by atoms with E-state index in [1.807, 2.05) is 13.1 Å². The van der Waals surface area contributed by atoms with Gasteiger partial charge in [0.25, 0.3) is 0 Å². The zero-order valence-corrected chi connectivity index (χ0v) is 6.93. The van der Waals surface area contributed by atoms with E-state index in [1.165, 1.54) is 0 Å². The van der Waals surface area contributed by atoms with E-state index in [-0.39, 0.29) is 0 Å². The number of rotatable bonds is 4. The molecule has 0 fully saturated rings. The van der Waals surface area contributed by atoms with Crippen LogP contribution in [0.4, 0.5) is 0 Å². The van der Waals surface area contributed by atoms with Crippen molar-refractivity contribution < 1.29 is 0 Å². The van der Waals surface area contributed by atoms with Crippen LogP contribution in [0.25, 0.3) is 0 Å². The molecule has 0 spiro atoms. The van der Waals surface area contributed by atoms with E-state index < -0.39 is 0 Å². The molecular weight excluding hydrogens is 138 g/mol. The number of aryl methyl sites for hydroxylation is 2. The van der Waals surface area contributed by atoms with Crippen LogP contribution in [0.2, 0.25) is 0 Å². The Morgan fingerprint density at radius 3 is 2.91 bits per heavy atom. The van der Waals surface area contributed by atoms with Crippen molar-refractivity contribution in [2.75, 3.05) is 6.54 Å². The molecule has 0 aliphatic carbocycles. The molecule has 62 valence electrons. The first-order valence-electron chi connectivity index (χ1n) is 4.03. The highest BCUT2D eigenvalue weighted by Gasteiger charge is 1.95. The Morgan fingerprint density at radius 2 is 2.36 bits per heavy atom. The van der Waals surface area contributed by atoms with Crippen LogP contribution in [0.3, 0.4) is 0 Å². The molecule has 0 bridgehead atoms. The lowest BCUT2D eigenvalue weighted by Crippen LogP contribution is -1.99. The minimum absolute atomic E-state index is 0.777. The normalized spacial score (nSPS) is 10.4. The highest BCUT2D eigenvalue weighted by atomic mass is 14.9. The molecule has 0 atom stereocenters. The number of nitrogens with zero attached hydrogens (tertiary/aromatic N) is 1. The summed E-state index contributed by atoms with van der Waals surface area (Å²) >= 11 is 0. The lowest BCUT2D eigenvalue weighted by atomic mass is 10.2. The van der Waals surface area contributed by atoms with Gasteiger partial charge in [0, 0.05) is 18.3 Å². The molecule has 3 heteroatoms. The molecule has 1 heterocycles. The molecule has 3 nitrogen and oxygen atoms in total. The molecule has 11 heavy (non-hydrogen) atoms. The lowest BCUT2D eigenvalue weighted by molar-refractivity contribution is 0.722. The number of aromatic nitrogens is 2. The second kappa shape index (κ2) is 4.13. The molecule has 0 unspecified atom stereocenters. The van der Waals surface area contributed by atoms with Crippen LogP contribution < -0.4 is 5.73 Å². The Labute approximate surface area is 67.0 Å². The van der Waals surface area contributed by atoms with Crippen LogP contribution in [0, 0.1) is 6.92 Å². The first kappa shape index (κ1) is 8.27. The highest BCUT2D eigenvalue weighted by molar-refractivity contribution is 4.98. The van der Waals surface area contributed by atoms with E-state index in [9.17, 15) is 0 Å². The molecule has 0 radical (unpaired) electrons. The van der Waals surface area contributed by atoms with Crippen molar-refractivity contribution in [1.29, 1.82) is 0 Å². The van der Waals surface area contributed by atoms with E-state index in [0.29, 0.717) is 0 Å². The third-order valence-electron chi connectivity index (χ3n) is 1.62. The van der Waals surface area contributed by atoms with Crippen LogP contribution in [-0.4, -0.2) is 16.5 Å². The minimum atomic E-state index is 0.777. The van der Waals surface area contributed by atoms with Crippen LogP contribution in [0.1, 0.15) is 24.4 Å². The molecule has 0 amide bonds. The van der Waals surface area contributed by atoms with Crippen LogP contribution >= 0.6 is 0 Å². The summed E-state index contributed by atoms with van der Waals surface area (Å²) in [5.74, 6) is 1.08. The van der Waals surface area contributed by atoms with E-state index in [2.05, 4.69) is 9.97 Å². The maximum absolute atomic E-state index is 5.37. The van der Waals surface area contributed by atoms with Gasteiger partial charge in [-0.1, -0.05) is 0 Å². The third kappa shape index (κ3) is 2.72. The van der Waals surface area contributed by atoms with Crippen LogP contribution in [0.5, 0.6) is 0 Å². The number of unbranched alkanes of at least 4 members (excludes halogenated alkanes) is 1. The van der Waals surface area contributed by atoms with Gasteiger partial charge >= 0.3 is 0 Å². The molecule has 3 N–H and O–H groups in total. The Bertz CT molecular complexity index is 205. The number of hydrogen-bond acceptors (Lipinski definition) is 2. The second-order valence-electron chi connectivity index (χ2n) is 2.76. The van der Waals surface area contributed by atoms with Gasteiger partial charge in [-0.2, -0.15) is 0 Å². The van der Waals surface area contributed by atoms with Crippen LogP contribution in [0.15, 0.2) is 6.20 Å². The fourth-order valence-electron chi connectivity index (χ4n) is 1.03. The number of nitrogens with two attached hydrogens (primary N) is 1. The van der Waals surface area contributed by atoms with Gasteiger partial charge in [-0.15, -0.1) is 0 Å². The summed E-state index contributed by atoms with van der Waals surface area (Å²) in [5.41, 5.74) is 6.50. The quantitative estimate of drug-likeness (QED) is 0.634. The molecule has 1 aromatic heterocycles. The number of aromatic amines is 1. The fraction of sp³-hybridized carbons (Fsp3) is 0.625. The lowest BCUT2D eigenvalue weighted by Gasteiger charge is -1.94. The van der Waals surface area contributed by atoms with E-state index in [0.717, 1.165) is 37.3 Å². The predicted molar refractivity (Wildman–Crippen MR) is 45.3 cm³/mol. The summed E-state index contributed by atoms with van der Waals surface area (Å²) in [7, 11) is 0. The number of hydrogen-bond donors (Lipinski definition) is 2. The smallest absolute Gasteiger partial charge is 0.106 e. The Kier molecular flexibility index (Phi) is 3.11. The van der Waals surface area contributed by atoms with Crippen molar-refractivity contribution in [2.24, 2.45) is 5.73 Å². The van der Waals surface area contributed by atoms with Gasteiger partial charge in [0.05, 0.1) is 0 Å². The van der Waals surface area contributed by atoms with Crippen molar-refractivity contribution in [3.63, 3.8) is 0 Å². The highest BCUT2D eigenvalue weighted by Crippen LogP contribution is 1.99. The monoisotopic (exact) mass is 153 g/mol. The average molecular weight is 153 g/mol. The molecule has 1 aromatic rings. The Morgan fingerprint density at radius 1 is 1.55 bits per heavy atom. The first-order chi connectivity index (χ1) is 5.33. The average Bonchev–Trinajstić information content (AvgIpc) is 2.37. The summed E-state index contributed by atoms with van der Waals surface area (Å²) in [5, 5.41) is 0. The van der Waals surface area contributed by atoms with Crippen molar-refractivity contribution in [3.8, 4) is 0 Å². The summed E-state index contributed by atoms with van der Waals surface area (Å²) in [4.78, 5) is 7.37. The zero-order chi connectivity index (χ0) is 8.10. The fourth-order valence-corrected chi connectivity index (χ4v) is 1.03. The summed E-state index contributed by atoms with van der Waals surface area (Å²) in [6, 6.07) is 0. The van der Waals surface area contributed by atoms with Gasteiger partial charge in [-0.3, -0.25) is 0 Å². The molecule has 0 saturated carbocycles. The van der Waals surface area contributed by atoms with Gasteiger partial charge < -0.3 is 10.7 Å². The predicted octanol–water partition coefficient (Wildman–Crippen LogP) is 1.000. The van der Waals surface area contributed by atoms with Gasteiger partial charge in [0.1, 0.15) is 5.82 Å². The van der Waals surface area contributed by atoms with Crippen molar-refractivity contribution in [2.45, 2.75) is 26.2 Å². The van der Waals surface area contributed by atoms with Crippen molar-refractivity contribution >= 4 is 0 Å². The first-order valence-corrected chi connectivity index (χ1v) is 4.03. The largest absolute Gasteiger partial charge is 0.346 e. The third-order valence-corrected chi connectivity index (χ3v) is 1.62. The van der Waals surface area contributed by atoms with E-state index in [4.69, 9.17) is 5.73 Å². The number of imidazole rings is 1. The molecular formula is C8H15N3. The maximum atomic E-state index is 5.37. The Hall–Kier alpha value is -0.830. The van der Waals surface area contributed by atoms with E-state index >= 15 is 0 Å². The van der Waals surface area contributed by atoms with E-state index in [1.54, 1.807) is 0 Å². The summed E-state index contributed by atoms with van der Waals surface area (Å²) in [6.07, 6.45) is 5.09. The molecule has 0 aromatic carbocycles. The van der Waals surface area contributed by atoms with Gasteiger partial charge in [0.2, 0.25) is 0 Å². The molecule has 0 aliphatic rings. The van der Waals surface area contributed by atoms with Gasteiger partial charge in [-0.05, 0) is 26.3 Å². The van der Waals surface area contributed by atoms with Crippen molar-refractivity contribution in [1.82, 2.24) is 9.97 Å². The van der Waals surface area contributed by atoms with Crippen LogP contribution in [-0.2, 0) is 6.42 Å². The van der Waals surface area contributed by atoms with Crippen molar-refractivity contribution in [3.05, 3.63) is 17.7 Å². The summed E-state index contributed by atoms with van der Waals surface area (Å²) < 4.78 is 0. The zero-order valence-electron chi connectivity index (χ0n) is 6.93. The second-order valence-corrected chi connectivity index (χ2v) is 2.76. The molecule has 1 rings (SSSR count). The summed E-state index contributed by atoms with van der Waals surface area (Å²) in [6.45, 7) is 2.79. The SMILES string of the molecule is Cc1cnc(CCCCN)[nH]1. The number of nitrogens with one attached hydrogen (secondary N) is 1. The standard InChI is InChI=1S/C8H15N3/c1-7-6-10-8(11-7)4-2-3-5-9/h6H,2-5,9H2,1H3,(H,10,11). The molecule has 0 aliphatic heterocycles. The minimum Gasteiger partial charge on any atom is -0.346 e. The Balaban J connectivity index is 2.27. The topological polar surface area (TPSA) is 54.7 Å². The number of H-pyrrole nitrogens is 1. The maximum Gasteiger partial charge on any atom is 0.106 e.